The molecule has 0 aliphatic heterocycles. The Labute approximate surface area is 147 Å². The fraction of sp³-hybridized carbons (Fsp3) is 0.150. The molecule has 0 unspecified atom stereocenters. The van der Waals surface area contributed by atoms with Crippen molar-refractivity contribution in [1.29, 1.82) is 0 Å². The molecule has 5 heteroatoms. The number of nitrogens with zero attached hydrogens (tertiary/aromatic N) is 2. The fourth-order valence-corrected chi connectivity index (χ4v) is 2.42. The van der Waals surface area contributed by atoms with E-state index in [1.165, 1.54) is 5.56 Å². The largest absolute Gasteiger partial charge is 0.370 e. The maximum absolute atomic E-state index is 12.3. The SMILES string of the molecule is O=C(NCc1ccccn1)c1ccnc(NCCc2ccccc2)c1. The van der Waals surface area contributed by atoms with E-state index in [1.54, 1.807) is 24.5 Å². The second kappa shape index (κ2) is 8.59. The molecule has 1 aromatic carbocycles. The van der Waals surface area contributed by atoms with E-state index >= 15 is 0 Å². The molecule has 0 aliphatic carbocycles. The first-order valence-electron chi connectivity index (χ1n) is 8.23. The van der Waals surface area contributed by atoms with E-state index in [2.05, 4.69) is 32.7 Å². The van der Waals surface area contributed by atoms with Crippen LogP contribution in [0.1, 0.15) is 21.6 Å². The molecule has 0 fully saturated rings. The summed E-state index contributed by atoms with van der Waals surface area (Å²) in [6, 6.07) is 19.3. The molecule has 0 bridgehead atoms. The van der Waals surface area contributed by atoms with Crippen LogP contribution in [-0.4, -0.2) is 22.4 Å². The molecule has 2 N–H and O–H groups in total. The lowest BCUT2D eigenvalue weighted by molar-refractivity contribution is 0.0950. The van der Waals surface area contributed by atoms with Crippen LogP contribution in [0.25, 0.3) is 0 Å². The Kier molecular flexibility index (Phi) is 5.72. The van der Waals surface area contributed by atoms with E-state index < -0.39 is 0 Å². The summed E-state index contributed by atoms with van der Waals surface area (Å²) in [5, 5.41) is 6.13. The lowest BCUT2D eigenvalue weighted by Crippen LogP contribution is -2.23. The number of nitrogens with one attached hydrogen (secondary N) is 2. The fourth-order valence-electron chi connectivity index (χ4n) is 2.42. The molecule has 0 aliphatic rings. The molecule has 2 heterocycles. The van der Waals surface area contributed by atoms with Gasteiger partial charge in [0.15, 0.2) is 0 Å². The lowest BCUT2D eigenvalue weighted by atomic mass is 10.1. The first-order valence-corrected chi connectivity index (χ1v) is 8.23. The minimum Gasteiger partial charge on any atom is -0.370 e. The van der Waals surface area contributed by atoms with Gasteiger partial charge in [0.25, 0.3) is 5.91 Å². The van der Waals surface area contributed by atoms with Crippen molar-refractivity contribution in [3.63, 3.8) is 0 Å². The van der Waals surface area contributed by atoms with Crippen LogP contribution in [0.5, 0.6) is 0 Å². The van der Waals surface area contributed by atoms with Gasteiger partial charge in [0.2, 0.25) is 0 Å². The van der Waals surface area contributed by atoms with E-state index in [0.717, 1.165) is 18.7 Å². The Morgan fingerprint density at radius 1 is 0.920 bits per heavy atom. The molecule has 3 rings (SSSR count). The van der Waals surface area contributed by atoms with Crippen LogP contribution < -0.4 is 10.6 Å². The Morgan fingerprint density at radius 2 is 1.76 bits per heavy atom. The third-order valence-electron chi connectivity index (χ3n) is 3.74. The average molecular weight is 332 g/mol. The van der Waals surface area contributed by atoms with Crippen LogP contribution in [0.2, 0.25) is 0 Å². The first kappa shape index (κ1) is 16.6. The molecule has 3 aromatic rings. The highest BCUT2D eigenvalue weighted by molar-refractivity contribution is 5.94. The lowest BCUT2D eigenvalue weighted by Gasteiger charge is -2.08. The smallest absolute Gasteiger partial charge is 0.251 e. The second-order valence-electron chi connectivity index (χ2n) is 5.60. The number of amides is 1. The summed E-state index contributed by atoms with van der Waals surface area (Å²) in [4.78, 5) is 20.7. The van der Waals surface area contributed by atoms with Gasteiger partial charge in [-0.3, -0.25) is 9.78 Å². The van der Waals surface area contributed by atoms with Crippen LogP contribution in [0.4, 0.5) is 5.82 Å². The maximum atomic E-state index is 12.3. The summed E-state index contributed by atoms with van der Waals surface area (Å²) in [7, 11) is 0. The maximum Gasteiger partial charge on any atom is 0.251 e. The molecule has 0 saturated carbocycles. The van der Waals surface area contributed by atoms with Crippen molar-refractivity contribution in [1.82, 2.24) is 15.3 Å². The summed E-state index contributed by atoms with van der Waals surface area (Å²) in [5.41, 5.74) is 2.67. The van der Waals surface area contributed by atoms with Crippen molar-refractivity contribution in [3.05, 3.63) is 89.9 Å². The Hall–Kier alpha value is -3.21. The van der Waals surface area contributed by atoms with Crippen LogP contribution >= 0.6 is 0 Å². The number of hydrogen-bond donors (Lipinski definition) is 2. The topological polar surface area (TPSA) is 66.9 Å². The Balaban J connectivity index is 1.52. The molecule has 126 valence electrons. The van der Waals surface area contributed by atoms with Gasteiger partial charge >= 0.3 is 0 Å². The molecule has 5 nitrogen and oxygen atoms in total. The zero-order chi connectivity index (χ0) is 17.3. The summed E-state index contributed by atoms with van der Waals surface area (Å²) in [6.07, 6.45) is 4.25. The predicted molar refractivity (Wildman–Crippen MR) is 98.3 cm³/mol. The zero-order valence-corrected chi connectivity index (χ0v) is 13.9. The van der Waals surface area contributed by atoms with Crippen molar-refractivity contribution in [2.45, 2.75) is 13.0 Å². The molecule has 1 amide bonds. The molecule has 25 heavy (non-hydrogen) atoms. The molecule has 2 aromatic heterocycles. The van der Waals surface area contributed by atoms with Crippen molar-refractivity contribution >= 4 is 11.7 Å². The van der Waals surface area contributed by atoms with Crippen LogP contribution in [-0.2, 0) is 13.0 Å². The standard InChI is InChI=1S/C20H20N4O/c25-20(24-15-18-8-4-5-11-21-18)17-10-13-23-19(14-17)22-12-9-16-6-2-1-3-7-16/h1-8,10-11,13-14H,9,12,15H2,(H,22,23)(H,24,25). The number of anilines is 1. The highest BCUT2D eigenvalue weighted by Gasteiger charge is 2.07. The Morgan fingerprint density at radius 3 is 2.56 bits per heavy atom. The van der Waals surface area contributed by atoms with Gasteiger partial charge in [0, 0.05) is 24.5 Å². The quantitative estimate of drug-likeness (QED) is 0.698. The number of carbonyl (C=O) groups is 1. The minimum atomic E-state index is -0.140. The monoisotopic (exact) mass is 332 g/mol. The van der Waals surface area contributed by atoms with Crippen LogP contribution in [0.3, 0.4) is 0 Å². The summed E-state index contributed by atoms with van der Waals surface area (Å²) >= 11 is 0. The molecule has 0 atom stereocenters. The minimum absolute atomic E-state index is 0.140. The van der Waals surface area contributed by atoms with Gasteiger partial charge in [-0.1, -0.05) is 36.4 Å². The van der Waals surface area contributed by atoms with Gasteiger partial charge in [-0.2, -0.15) is 0 Å². The third kappa shape index (κ3) is 5.14. The highest BCUT2D eigenvalue weighted by atomic mass is 16.1. The van der Waals surface area contributed by atoms with Crippen molar-refractivity contribution in [2.75, 3.05) is 11.9 Å². The predicted octanol–water partition coefficient (Wildman–Crippen LogP) is 3.06. The van der Waals surface area contributed by atoms with E-state index in [9.17, 15) is 4.79 Å². The first-order chi connectivity index (χ1) is 12.3. The van der Waals surface area contributed by atoms with Gasteiger partial charge in [-0.25, -0.2) is 4.98 Å². The summed E-state index contributed by atoms with van der Waals surface area (Å²) in [5.74, 6) is 0.556. The van der Waals surface area contributed by atoms with Crippen LogP contribution in [0, 0.1) is 0 Å². The number of aromatic nitrogens is 2. The van der Waals surface area contributed by atoms with Gasteiger partial charge in [-0.15, -0.1) is 0 Å². The van der Waals surface area contributed by atoms with Crippen LogP contribution in [0.15, 0.2) is 73.1 Å². The van der Waals surface area contributed by atoms with E-state index in [4.69, 9.17) is 0 Å². The molecule has 0 saturated heterocycles. The number of rotatable bonds is 7. The summed E-state index contributed by atoms with van der Waals surface area (Å²) < 4.78 is 0. The Bertz CT molecular complexity index is 806. The number of carbonyl (C=O) groups excluding carboxylic acids is 1. The van der Waals surface area contributed by atoms with Gasteiger partial charge < -0.3 is 10.6 Å². The van der Waals surface area contributed by atoms with E-state index in [1.807, 2.05) is 36.4 Å². The molecular weight excluding hydrogens is 312 g/mol. The second-order valence-corrected chi connectivity index (χ2v) is 5.60. The highest BCUT2D eigenvalue weighted by Crippen LogP contribution is 2.08. The van der Waals surface area contributed by atoms with Gasteiger partial charge in [0.1, 0.15) is 5.82 Å². The molecule has 0 radical (unpaired) electrons. The summed E-state index contributed by atoms with van der Waals surface area (Å²) in [6.45, 7) is 1.16. The zero-order valence-electron chi connectivity index (χ0n) is 13.9. The number of pyridine rings is 2. The normalized spacial score (nSPS) is 10.2. The van der Waals surface area contributed by atoms with E-state index in [0.29, 0.717) is 17.9 Å². The number of benzene rings is 1. The average Bonchev–Trinajstić information content (AvgIpc) is 2.68. The third-order valence-corrected chi connectivity index (χ3v) is 3.74. The van der Waals surface area contributed by atoms with E-state index in [-0.39, 0.29) is 5.91 Å². The van der Waals surface area contributed by atoms with Crippen molar-refractivity contribution < 1.29 is 4.79 Å². The van der Waals surface area contributed by atoms with Gasteiger partial charge in [-0.05, 0) is 36.2 Å². The number of hydrogen-bond acceptors (Lipinski definition) is 4. The van der Waals surface area contributed by atoms with Gasteiger partial charge in [0.05, 0.1) is 12.2 Å². The van der Waals surface area contributed by atoms with Crippen molar-refractivity contribution in [2.24, 2.45) is 0 Å². The van der Waals surface area contributed by atoms with Crippen molar-refractivity contribution in [3.8, 4) is 0 Å². The molecular formula is C20H20N4O. The molecule has 0 spiro atoms.